The van der Waals surface area contributed by atoms with Crippen LogP contribution in [0.4, 0.5) is 14.5 Å². The molecule has 0 fully saturated rings. The van der Waals surface area contributed by atoms with E-state index in [1.807, 2.05) is 19.1 Å². The Morgan fingerprint density at radius 2 is 1.75 bits per heavy atom. The molecule has 2 aromatic carbocycles. The number of halogens is 2. The normalized spacial score (nSPS) is 11.5. The van der Waals surface area contributed by atoms with Gasteiger partial charge in [-0.15, -0.1) is 0 Å². The molecule has 2 rings (SSSR count). The van der Waals surface area contributed by atoms with Crippen molar-refractivity contribution in [3.8, 4) is 11.5 Å². The van der Waals surface area contributed by atoms with Gasteiger partial charge in [0.25, 0.3) is 0 Å². The molecular formula is C17H18F2N2O2S. The van der Waals surface area contributed by atoms with Gasteiger partial charge in [0.15, 0.2) is 16.6 Å². The zero-order chi connectivity index (χ0) is 17.7. The molecule has 7 heteroatoms. The third-order valence-corrected chi connectivity index (χ3v) is 3.65. The number of rotatable bonds is 5. The van der Waals surface area contributed by atoms with Gasteiger partial charge < -0.3 is 20.1 Å². The van der Waals surface area contributed by atoms with E-state index in [1.165, 1.54) is 6.07 Å². The quantitative estimate of drug-likeness (QED) is 0.796. The number of methoxy groups -OCH3 is 2. The van der Waals surface area contributed by atoms with Crippen LogP contribution in [0.1, 0.15) is 18.5 Å². The monoisotopic (exact) mass is 352 g/mol. The van der Waals surface area contributed by atoms with Crippen LogP contribution in [-0.4, -0.2) is 19.3 Å². The minimum Gasteiger partial charge on any atom is -0.493 e. The van der Waals surface area contributed by atoms with Crippen molar-refractivity contribution < 1.29 is 18.3 Å². The van der Waals surface area contributed by atoms with E-state index >= 15 is 0 Å². The number of anilines is 1. The van der Waals surface area contributed by atoms with Gasteiger partial charge in [0.05, 0.1) is 25.9 Å². The smallest absolute Gasteiger partial charge is 0.171 e. The second kappa shape index (κ2) is 7.92. The molecule has 0 radical (unpaired) electrons. The Labute approximate surface area is 144 Å². The molecule has 0 amide bonds. The minimum atomic E-state index is -0.710. The fourth-order valence-corrected chi connectivity index (χ4v) is 2.44. The van der Waals surface area contributed by atoms with E-state index in [9.17, 15) is 8.78 Å². The van der Waals surface area contributed by atoms with Crippen LogP contribution >= 0.6 is 12.2 Å². The topological polar surface area (TPSA) is 42.5 Å². The van der Waals surface area contributed by atoms with Crippen molar-refractivity contribution >= 4 is 23.0 Å². The van der Waals surface area contributed by atoms with Crippen molar-refractivity contribution in [2.75, 3.05) is 19.5 Å². The summed E-state index contributed by atoms with van der Waals surface area (Å²) in [6.45, 7) is 1.90. The van der Waals surface area contributed by atoms with Crippen LogP contribution in [0.3, 0.4) is 0 Å². The van der Waals surface area contributed by atoms with Crippen LogP contribution in [0.25, 0.3) is 0 Å². The highest BCUT2D eigenvalue weighted by molar-refractivity contribution is 7.80. The van der Waals surface area contributed by atoms with Crippen molar-refractivity contribution in [3.63, 3.8) is 0 Å². The second-order valence-corrected chi connectivity index (χ2v) is 5.47. The number of nitrogens with one attached hydrogen (secondary N) is 2. The Morgan fingerprint density at radius 3 is 2.38 bits per heavy atom. The molecule has 0 bridgehead atoms. The van der Waals surface area contributed by atoms with Crippen molar-refractivity contribution in [2.24, 2.45) is 0 Å². The summed E-state index contributed by atoms with van der Waals surface area (Å²) in [5, 5.41) is 5.98. The lowest BCUT2D eigenvalue weighted by Gasteiger charge is -2.19. The van der Waals surface area contributed by atoms with Gasteiger partial charge in [0, 0.05) is 6.07 Å². The molecule has 1 atom stereocenters. The van der Waals surface area contributed by atoms with Gasteiger partial charge in [0.1, 0.15) is 11.6 Å². The molecule has 0 aliphatic carbocycles. The predicted molar refractivity (Wildman–Crippen MR) is 93.7 cm³/mol. The van der Waals surface area contributed by atoms with E-state index < -0.39 is 11.6 Å². The first-order valence-electron chi connectivity index (χ1n) is 7.19. The van der Waals surface area contributed by atoms with Crippen molar-refractivity contribution in [2.45, 2.75) is 13.0 Å². The van der Waals surface area contributed by atoms with Crippen molar-refractivity contribution in [3.05, 3.63) is 53.6 Å². The summed E-state index contributed by atoms with van der Waals surface area (Å²) < 4.78 is 37.0. The van der Waals surface area contributed by atoms with Crippen LogP contribution in [-0.2, 0) is 0 Å². The first-order chi connectivity index (χ1) is 11.4. The van der Waals surface area contributed by atoms with Crippen molar-refractivity contribution in [1.29, 1.82) is 0 Å². The molecule has 0 aliphatic heterocycles. The molecule has 0 spiro atoms. The second-order valence-electron chi connectivity index (χ2n) is 5.06. The summed E-state index contributed by atoms with van der Waals surface area (Å²) in [6.07, 6.45) is 0. The molecular weight excluding hydrogens is 334 g/mol. The maximum Gasteiger partial charge on any atom is 0.171 e. The van der Waals surface area contributed by atoms with Gasteiger partial charge in [-0.25, -0.2) is 8.78 Å². The molecule has 0 aliphatic rings. The summed E-state index contributed by atoms with van der Waals surface area (Å²) >= 11 is 5.18. The molecule has 2 aromatic rings. The summed E-state index contributed by atoms with van der Waals surface area (Å²) in [6, 6.07) is 8.59. The summed E-state index contributed by atoms with van der Waals surface area (Å²) in [4.78, 5) is 0. The fourth-order valence-electron chi connectivity index (χ4n) is 2.15. The van der Waals surface area contributed by atoms with E-state index in [0.29, 0.717) is 11.5 Å². The minimum absolute atomic E-state index is 0.105. The van der Waals surface area contributed by atoms with Crippen LogP contribution in [0.15, 0.2) is 36.4 Å². The summed E-state index contributed by atoms with van der Waals surface area (Å²) in [7, 11) is 3.12. The van der Waals surface area contributed by atoms with Gasteiger partial charge in [-0.2, -0.15) is 0 Å². The van der Waals surface area contributed by atoms with Gasteiger partial charge in [-0.3, -0.25) is 0 Å². The molecule has 0 heterocycles. The average Bonchev–Trinajstić information content (AvgIpc) is 2.56. The highest BCUT2D eigenvalue weighted by atomic mass is 32.1. The zero-order valence-electron chi connectivity index (χ0n) is 13.5. The molecule has 0 saturated heterocycles. The van der Waals surface area contributed by atoms with Gasteiger partial charge in [-0.05, 0) is 49.0 Å². The Morgan fingerprint density at radius 1 is 1.04 bits per heavy atom. The number of thiocarbonyl (C=S) groups is 1. The molecule has 128 valence electrons. The molecule has 2 N–H and O–H groups in total. The molecule has 0 unspecified atom stereocenters. The summed E-state index contributed by atoms with van der Waals surface area (Å²) in [5.74, 6) is -0.122. The Hall–Kier alpha value is -2.41. The zero-order valence-corrected chi connectivity index (χ0v) is 14.3. The lowest BCUT2D eigenvalue weighted by Crippen LogP contribution is -2.31. The first kappa shape index (κ1) is 17.9. The number of benzene rings is 2. The fraction of sp³-hybridized carbons (Fsp3) is 0.235. The van der Waals surface area contributed by atoms with E-state index in [2.05, 4.69) is 10.6 Å². The Balaban J connectivity index is 2.06. The number of hydrogen-bond donors (Lipinski definition) is 2. The lowest BCUT2D eigenvalue weighted by molar-refractivity contribution is 0.354. The van der Waals surface area contributed by atoms with Gasteiger partial charge in [0.2, 0.25) is 0 Å². The van der Waals surface area contributed by atoms with Gasteiger partial charge in [-0.1, -0.05) is 6.07 Å². The summed E-state index contributed by atoms with van der Waals surface area (Å²) in [5.41, 5.74) is 1.02. The van der Waals surface area contributed by atoms with Gasteiger partial charge >= 0.3 is 0 Å². The maximum absolute atomic E-state index is 13.6. The van der Waals surface area contributed by atoms with Crippen LogP contribution in [0.2, 0.25) is 0 Å². The van der Waals surface area contributed by atoms with E-state index in [-0.39, 0.29) is 16.8 Å². The first-order valence-corrected chi connectivity index (χ1v) is 7.60. The Bertz CT molecular complexity index is 741. The highest BCUT2D eigenvalue weighted by Crippen LogP contribution is 2.29. The molecule has 4 nitrogen and oxygen atoms in total. The SMILES string of the molecule is COc1ccc([C@H](C)NC(=S)Nc2ccc(F)cc2F)cc1OC. The maximum atomic E-state index is 13.6. The molecule has 0 aromatic heterocycles. The van der Waals surface area contributed by atoms with Crippen LogP contribution in [0.5, 0.6) is 11.5 Å². The third kappa shape index (κ3) is 4.32. The third-order valence-electron chi connectivity index (χ3n) is 3.43. The predicted octanol–water partition coefficient (Wildman–Crippen LogP) is 4.03. The van der Waals surface area contributed by atoms with E-state index in [1.54, 1.807) is 20.3 Å². The highest BCUT2D eigenvalue weighted by Gasteiger charge is 2.12. The van der Waals surface area contributed by atoms with E-state index in [0.717, 1.165) is 17.7 Å². The average molecular weight is 352 g/mol. The molecule has 24 heavy (non-hydrogen) atoms. The number of ether oxygens (including phenoxy) is 2. The van der Waals surface area contributed by atoms with Crippen LogP contribution in [0, 0.1) is 11.6 Å². The molecule has 0 saturated carbocycles. The number of hydrogen-bond acceptors (Lipinski definition) is 3. The largest absolute Gasteiger partial charge is 0.493 e. The lowest BCUT2D eigenvalue weighted by atomic mass is 10.1. The van der Waals surface area contributed by atoms with E-state index in [4.69, 9.17) is 21.7 Å². The Kier molecular flexibility index (Phi) is 5.92. The standard InChI is InChI=1S/C17H18F2N2O2S/c1-10(11-4-7-15(22-2)16(8-11)23-3)20-17(24)21-14-6-5-12(18)9-13(14)19/h4-10H,1-3H3,(H2,20,21,24)/t10-/m0/s1. The van der Waals surface area contributed by atoms with Crippen LogP contribution < -0.4 is 20.1 Å². The van der Waals surface area contributed by atoms with Crippen molar-refractivity contribution in [1.82, 2.24) is 5.32 Å².